The Hall–Kier alpha value is -1.36. The average molecular weight is 292 g/mol. The van der Waals surface area contributed by atoms with Gasteiger partial charge in [0.1, 0.15) is 17.5 Å². The van der Waals surface area contributed by atoms with Gasteiger partial charge in [-0.2, -0.15) is 0 Å². The number of nitrogens with zero attached hydrogens (tertiary/aromatic N) is 2. The molecular weight excluding hydrogens is 264 g/mol. The number of rotatable bonds is 6. The summed E-state index contributed by atoms with van der Waals surface area (Å²) in [4.78, 5) is 9.24. The van der Waals surface area contributed by atoms with Crippen LogP contribution in [0.4, 0.5) is 11.6 Å². The van der Waals surface area contributed by atoms with Crippen molar-refractivity contribution in [1.29, 1.82) is 0 Å². The molecule has 5 nitrogen and oxygen atoms in total. The molecule has 1 heterocycles. The van der Waals surface area contributed by atoms with Crippen LogP contribution in [0.1, 0.15) is 56.8 Å². The quantitative estimate of drug-likeness (QED) is 0.752. The van der Waals surface area contributed by atoms with E-state index in [4.69, 9.17) is 0 Å². The van der Waals surface area contributed by atoms with E-state index in [0.717, 1.165) is 48.7 Å². The summed E-state index contributed by atoms with van der Waals surface area (Å²) >= 11 is 0. The summed E-state index contributed by atoms with van der Waals surface area (Å²) in [6.45, 7) is 4.32. The van der Waals surface area contributed by atoms with Gasteiger partial charge in [-0.05, 0) is 26.2 Å². The number of hydrogen-bond acceptors (Lipinski definition) is 5. The second-order valence-electron chi connectivity index (χ2n) is 6.09. The largest absolute Gasteiger partial charge is 0.394 e. The van der Waals surface area contributed by atoms with Crippen molar-refractivity contribution in [3.8, 4) is 0 Å². The van der Waals surface area contributed by atoms with Gasteiger partial charge in [0.25, 0.3) is 0 Å². The zero-order chi connectivity index (χ0) is 15.3. The van der Waals surface area contributed by atoms with Gasteiger partial charge in [-0.3, -0.25) is 0 Å². The molecule has 0 bridgehead atoms. The molecule has 1 aromatic heterocycles. The molecule has 1 aromatic rings. The second kappa shape index (κ2) is 7.07. The molecule has 0 unspecified atom stereocenters. The molecule has 3 N–H and O–H groups in total. The van der Waals surface area contributed by atoms with Crippen LogP contribution < -0.4 is 10.6 Å². The Labute approximate surface area is 127 Å². The lowest BCUT2D eigenvalue weighted by atomic mass is 9.82. The third-order valence-electron chi connectivity index (χ3n) is 4.40. The standard InChI is InChI=1S/C16H28N4O/c1-4-8-13-18-14(17-3)12(2)15(19-13)20-16(11-21)9-6-5-7-10-16/h21H,4-11H2,1-3H3,(H2,17,18,19,20). The van der Waals surface area contributed by atoms with Gasteiger partial charge in [0, 0.05) is 19.0 Å². The van der Waals surface area contributed by atoms with Gasteiger partial charge in [-0.15, -0.1) is 0 Å². The molecule has 1 fully saturated rings. The molecule has 0 spiro atoms. The summed E-state index contributed by atoms with van der Waals surface area (Å²) in [6, 6.07) is 0. The van der Waals surface area contributed by atoms with Crippen molar-refractivity contribution >= 4 is 11.6 Å². The fraction of sp³-hybridized carbons (Fsp3) is 0.750. The van der Waals surface area contributed by atoms with Crippen molar-refractivity contribution in [3.63, 3.8) is 0 Å². The van der Waals surface area contributed by atoms with Crippen LogP contribution in [0.5, 0.6) is 0 Å². The maximum Gasteiger partial charge on any atom is 0.135 e. The van der Waals surface area contributed by atoms with Crippen molar-refractivity contribution in [1.82, 2.24) is 9.97 Å². The molecule has 1 aliphatic rings. The van der Waals surface area contributed by atoms with E-state index in [9.17, 15) is 5.11 Å². The molecule has 0 radical (unpaired) electrons. The number of aryl methyl sites for hydroxylation is 1. The van der Waals surface area contributed by atoms with Crippen LogP contribution in [0.15, 0.2) is 0 Å². The lowest BCUT2D eigenvalue weighted by Crippen LogP contribution is -2.44. The highest BCUT2D eigenvalue weighted by atomic mass is 16.3. The Morgan fingerprint density at radius 2 is 1.81 bits per heavy atom. The molecule has 0 atom stereocenters. The van der Waals surface area contributed by atoms with E-state index in [2.05, 4.69) is 27.5 Å². The lowest BCUT2D eigenvalue weighted by Gasteiger charge is -2.37. The summed E-state index contributed by atoms with van der Waals surface area (Å²) in [6.07, 6.45) is 7.49. The number of aromatic nitrogens is 2. The highest BCUT2D eigenvalue weighted by molar-refractivity contribution is 5.58. The molecule has 21 heavy (non-hydrogen) atoms. The number of hydrogen-bond donors (Lipinski definition) is 3. The number of aliphatic hydroxyl groups is 1. The van der Waals surface area contributed by atoms with Crippen molar-refractivity contribution in [2.75, 3.05) is 24.3 Å². The van der Waals surface area contributed by atoms with Gasteiger partial charge >= 0.3 is 0 Å². The maximum atomic E-state index is 9.87. The number of aliphatic hydroxyl groups excluding tert-OH is 1. The van der Waals surface area contributed by atoms with Crippen LogP contribution in [0.3, 0.4) is 0 Å². The van der Waals surface area contributed by atoms with Crippen LogP contribution >= 0.6 is 0 Å². The van der Waals surface area contributed by atoms with E-state index in [-0.39, 0.29) is 12.1 Å². The fourth-order valence-electron chi connectivity index (χ4n) is 3.07. The molecule has 0 amide bonds. The normalized spacial score (nSPS) is 17.5. The molecule has 1 saturated carbocycles. The van der Waals surface area contributed by atoms with E-state index in [1.165, 1.54) is 19.3 Å². The van der Waals surface area contributed by atoms with E-state index < -0.39 is 0 Å². The number of anilines is 2. The third kappa shape index (κ3) is 3.64. The molecule has 2 rings (SSSR count). The molecular formula is C16H28N4O. The zero-order valence-corrected chi connectivity index (χ0v) is 13.5. The summed E-state index contributed by atoms with van der Waals surface area (Å²) in [7, 11) is 1.89. The summed E-state index contributed by atoms with van der Waals surface area (Å²) in [5.74, 6) is 2.60. The fourth-order valence-corrected chi connectivity index (χ4v) is 3.07. The van der Waals surface area contributed by atoms with Crippen molar-refractivity contribution < 1.29 is 5.11 Å². The van der Waals surface area contributed by atoms with Gasteiger partial charge < -0.3 is 15.7 Å². The molecule has 0 aromatic carbocycles. The predicted molar refractivity (Wildman–Crippen MR) is 86.8 cm³/mol. The Morgan fingerprint density at radius 1 is 1.14 bits per heavy atom. The Morgan fingerprint density at radius 3 is 2.38 bits per heavy atom. The van der Waals surface area contributed by atoms with Crippen LogP contribution in [-0.4, -0.2) is 34.3 Å². The maximum absolute atomic E-state index is 9.87. The molecule has 0 saturated heterocycles. The predicted octanol–water partition coefficient (Wildman–Crippen LogP) is 2.89. The van der Waals surface area contributed by atoms with Gasteiger partial charge in [-0.1, -0.05) is 26.2 Å². The molecule has 118 valence electrons. The third-order valence-corrected chi connectivity index (χ3v) is 4.40. The Bertz CT molecular complexity index is 470. The average Bonchev–Trinajstić information content (AvgIpc) is 2.51. The van der Waals surface area contributed by atoms with E-state index >= 15 is 0 Å². The minimum absolute atomic E-state index is 0.161. The van der Waals surface area contributed by atoms with Gasteiger partial charge in [0.2, 0.25) is 0 Å². The molecule has 1 aliphatic carbocycles. The van der Waals surface area contributed by atoms with Crippen molar-refractivity contribution in [2.24, 2.45) is 0 Å². The summed E-state index contributed by atoms with van der Waals surface area (Å²) < 4.78 is 0. The first-order valence-electron chi connectivity index (χ1n) is 8.08. The first-order valence-corrected chi connectivity index (χ1v) is 8.08. The Kier molecular flexibility index (Phi) is 5.39. The van der Waals surface area contributed by atoms with Crippen molar-refractivity contribution in [3.05, 3.63) is 11.4 Å². The first kappa shape index (κ1) is 16.0. The summed E-state index contributed by atoms with van der Waals surface area (Å²) in [5, 5.41) is 16.6. The van der Waals surface area contributed by atoms with Crippen molar-refractivity contribution in [2.45, 2.75) is 64.3 Å². The van der Waals surface area contributed by atoms with Gasteiger partial charge in [0.15, 0.2) is 0 Å². The zero-order valence-electron chi connectivity index (χ0n) is 13.5. The van der Waals surface area contributed by atoms with Crippen LogP contribution in [0.25, 0.3) is 0 Å². The first-order chi connectivity index (χ1) is 10.1. The Balaban J connectivity index is 2.30. The highest BCUT2D eigenvalue weighted by Crippen LogP contribution is 2.32. The molecule has 5 heteroatoms. The highest BCUT2D eigenvalue weighted by Gasteiger charge is 2.32. The number of nitrogens with one attached hydrogen (secondary N) is 2. The summed E-state index contributed by atoms with van der Waals surface area (Å²) in [5.41, 5.74) is 0.807. The van der Waals surface area contributed by atoms with Crippen LogP contribution in [-0.2, 0) is 6.42 Å². The minimum Gasteiger partial charge on any atom is -0.394 e. The van der Waals surface area contributed by atoms with Crippen LogP contribution in [0.2, 0.25) is 0 Å². The minimum atomic E-state index is -0.216. The van der Waals surface area contributed by atoms with E-state index in [1.807, 2.05) is 14.0 Å². The van der Waals surface area contributed by atoms with Crippen LogP contribution in [0, 0.1) is 6.92 Å². The topological polar surface area (TPSA) is 70.1 Å². The van der Waals surface area contributed by atoms with Gasteiger partial charge in [-0.25, -0.2) is 9.97 Å². The smallest absolute Gasteiger partial charge is 0.135 e. The monoisotopic (exact) mass is 292 g/mol. The second-order valence-corrected chi connectivity index (χ2v) is 6.09. The molecule has 0 aliphatic heterocycles. The SMILES string of the molecule is CCCc1nc(NC)c(C)c(NC2(CO)CCCCC2)n1. The van der Waals surface area contributed by atoms with E-state index in [0.29, 0.717) is 0 Å². The van der Waals surface area contributed by atoms with E-state index in [1.54, 1.807) is 0 Å². The lowest BCUT2D eigenvalue weighted by molar-refractivity contribution is 0.172. The van der Waals surface area contributed by atoms with Gasteiger partial charge in [0.05, 0.1) is 12.1 Å².